The molecular weight excluding hydrogens is 188 g/mol. The van der Waals surface area contributed by atoms with Crippen molar-refractivity contribution < 1.29 is 0 Å². The van der Waals surface area contributed by atoms with Gasteiger partial charge >= 0.3 is 0 Å². The molecule has 1 fully saturated rings. The van der Waals surface area contributed by atoms with E-state index in [0.717, 1.165) is 5.69 Å². The van der Waals surface area contributed by atoms with E-state index in [1.807, 2.05) is 18.2 Å². The van der Waals surface area contributed by atoms with Gasteiger partial charge in [-0.05, 0) is 25.0 Å². The molecule has 1 aromatic heterocycles. The SMILES string of the molecule is N#CCNc1ccc(C2CCCC2)nn1. The molecular formula is C11H14N4. The van der Waals surface area contributed by atoms with Crippen molar-refractivity contribution in [2.45, 2.75) is 31.6 Å². The van der Waals surface area contributed by atoms with Crippen LogP contribution in [0.4, 0.5) is 5.82 Å². The summed E-state index contributed by atoms with van der Waals surface area (Å²) in [7, 11) is 0. The van der Waals surface area contributed by atoms with E-state index < -0.39 is 0 Å². The van der Waals surface area contributed by atoms with E-state index in [9.17, 15) is 0 Å². The summed E-state index contributed by atoms with van der Waals surface area (Å²) in [4.78, 5) is 0. The van der Waals surface area contributed by atoms with Crippen LogP contribution in [0.3, 0.4) is 0 Å². The molecule has 0 unspecified atom stereocenters. The van der Waals surface area contributed by atoms with Gasteiger partial charge in [-0.2, -0.15) is 10.4 Å². The number of nitrogens with one attached hydrogen (secondary N) is 1. The maximum absolute atomic E-state index is 8.39. The highest BCUT2D eigenvalue weighted by Gasteiger charge is 2.18. The fourth-order valence-corrected chi connectivity index (χ4v) is 2.01. The minimum Gasteiger partial charge on any atom is -0.356 e. The second kappa shape index (κ2) is 4.74. The molecule has 0 aromatic carbocycles. The number of hydrogen-bond donors (Lipinski definition) is 1. The Labute approximate surface area is 89.3 Å². The van der Waals surface area contributed by atoms with E-state index in [0.29, 0.717) is 11.7 Å². The zero-order chi connectivity index (χ0) is 10.5. The third-order valence-electron chi connectivity index (χ3n) is 2.81. The summed E-state index contributed by atoms with van der Waals surface area (Å²) in [5, 5.41) is 19.5. The highest BCUT2D eigenvalue weighted by Crippen LogP contribution is 2.32. The minimum absolute atomic E-state index is 0.275. The number of nitrogens with zero attached hydrogens (tertiary/aromatic N) is 3. The fourth-order valence-electron chi connectivity index (χ4n) is 2.01. The predicted molar refractivity (Wildman–Crippen MR) is 57.3 cm³/mol. The van der Waals surface area contributed by atoms with Crippen LogP contribution >= 0.6 is 0 Å². The lowest BCUT2D eigenvalue weighted by atomic mass is 10.0. The van der Waals surface area contributed by atoms with Crippen molar-refractivity contribution in [3.05, 3.63) is 17.8 Å². The number of anilines is 1. The van der Waals surface area contributed by atoms with Crippen LogP contribution in [0.25, 0.3) is 0 Å². The first-order chi connectivity index (χ1) is 7.40. The fraction of sp³-hybridized carbons (Fsp3) is 0.545. The van der Waals surface area contributed by atoms with Crippen molar-refractivity contribution >= 4 is 5.82 Å². The largest absolute Gasteiger partial charge is 0.356 e. The monoisotopic (exact) mass is 202 g/mol. The summed E-state index contributed by atoms with van der Waals surface area (Å²) >= 11 is 0. The van der Waals surface area contributed by atoms with Gasteiger partial charge in [-0.1, -0.05) is 12.8 Å². The summed E-state index contributed by atoms with van der Waals surface area (Å²) < 4.78 is 0. The Balaban J connectivity index is 2.00. The lowest BCUT2D eigenvalue weighted by Gasteiger charge is -2.07. The van der Waals surface area contributed by atoms with Gasteiger partial charge in [-0.15, -0.1) is 5.10 Å². The Morgan fingerprint density at radius 2 is 2.13 bits per heavy atom. The molecule has 0 amide bonds. The Morgan fingerprint density at radius 3 is 2.73 bits per heavy atom. The maximum Gasteiger partial charge on any atom is 0.149 e. The van der Waals surface area contributed by atoms with Crippen LogP contribution in [0, 0.1) is 11.3 Å². The average Bonchev–Trinajstić information content (AvgIpc) is 2.80. The van der Waals surface area contributed by atoms with Crippen molar-refractivity contribution in [1.82, 2.24) is 10.2 Å². The molecule has 1 aromatic rings. The molecule has 1 aliphatic carbocycles. The molecule has 4 nitrogen and oxygen atoms in total. The van der Waals surface area contributed by atoms with Gasteiger partial charge in [0.2, 0.25) is 0 Å². The van der Waals surface area contributed by atoms with Gasteiger partial charge in [0.05, 0.1) is 11.8 Å². The minimum atomic E-state index is 0.275. The van der Waals surface area contributed by atoms with Gasteiger partial charge in [-0.3, -0.25) is 0 Å². The van der Waals surface area contributed by atoms with Crippen molar-refractivity contribution in [1.29, 1.82) is 5.26 Å². The first-order valence-electron chi connectivity index (χ1n) is 5.34. The van der Waals surface area contributed by atoms with Gasteiger partial charge in [0, 0.05) is 5.92 Å². The van der Waals surface area contributed by atoms with Crippen LogP contribution in [-0.2, 0) is 0 Å². The van der Waals surface area contributed by atoms with Crippen LogP contribution in [0.2, 0.25) is 0 Å². The molecule has 15 heavy (non-hydrogen) atoms. The van der Waals surface area contributed by atoms with Crippen molar-refractivity contribution in [2.75, 3.05) is 11.9 Å². The zero-order valence-electron chi connectivity index (χ0n) is 8.61. The topological polar surface area (TPSA) is 61.6 Å². The highest BCUT2D eigenvalue weighted by atomic mass is 15.2. The van der Waals surface area contributed by atoms with Gasteiger partial charge < -0.3 is 5.32 Å². The number of hydrogen-bond acceptors (Lipinski definition) is 4. The predicted octanol–water partition coefficient (Wildman–Crippen LogP) is 2.07. The maximum atomic E-state index is 8.39. The van der Waals surface area contributed by atoms with Crippen LogP contribution in [-0.4, -0.2) is 16.7 Å². The summed E-state index contributed by atoms with van der Waals surface area (Å²) in [5.74, 6) is 1.28. The molecule has 1 saturated carbocycles. The molecule has 1 N–H and O–H groups in total. The summed E-state index contributed by atoms with van der Waals surface area (Å²) in [5.41, 5.74) is 1.09. The number of nitriles is 1. The van der Waals surface area contributed by atoms with Crippen LogP contribution < -0.4 is 5.32 Å². The van der Waals surface area contributed by atoms with E-state index in [-0.39, 0.29) is 6.54 Å². The standard InChI is InChI=1S/C11H14N4/c12-7-8-13-11-6-5-10(14-15-11)9-3-1-2-4-9/h5-6,9H,1-4,8H2,(H,13,15). The zero-order valence-corrected chi connectivity index (χ0v) is 8.61. The number of aromatic nitrogens is 2. The molecule has 0 radical (unpaired) electrons. The molecule has 0 spiro atoms. The summed E-state index contributed by atoms with van der Waals surface area (Å²) in [6, 6.07) is 5.92. The Hall–Kier alpha value is -1.63. The Kier molecular flexibility index (Phi) is 3.13. The number of rotatable bonds is 3. The molecule has 0 bridgehead atoms. The molecule has 1 heterocycles. The third kappa shape index (κ3) is 2.44. The van der Waals surface area contributed by atoms with Crippen molar-refractivity contribution in [2.24, 2.45) is 0 Å². The van der Waals surface area contributed by atoms with Gasteiger partial charge in [0.25, 0.3) is 0 Å². The highest BCUT2D eigenvalue weighted by molar-refractivity contribution is 5.34. The third-order valence-corrected chi connectivity index (χ3v) is 2.81. The average molecular weight is 202 g/mol. The first-order valence-corrected chi connectivity index (χ1v) is 5.34. The van der Waals surface area contributed by atoms with E-state index in [1.165, 1.54) is 25.7 Å². The second-order valence-corrected chi connectivity index (χ2v) is 3.84. The Bertz CT molecular complexity index is 346. The van der Waals surface area contributed by atoms with E-state index in [1.54, 1.807) is 0 Å². The van der Waals surface area contributed by atoms with Crippen molar-refractivity contribution in [3.8, 4) is 6.07 Å². The van der Waals surface area contributed by atoms with E-state index >= 15 is 0 Å². The lowest BCUT2D eigenvalue weighted by molar-refractivity contribution is 0.681. The Morgan fingerprint density at radius 1 is 1.33 bits per heavy atom. The van der Waals surface area contributed by atoms with Crippen LogP contribution in [0.15, 0.2) is 12.1 Å². The normalized spacial score (nSPS) is 16.2. The smallest absolute Gasteiger partial charge is 0.149 e. The summed E-state index contributed by atoms with van der Waals surface area (Å²) in [6.07, 6.45) is 5.08. The molecule has 0 aliphatic heterocycles. The van der Waals surface area contributed by atoms with Crippen LogP contribution in [0.1, 0.15) is 37.3 Å². The molecule has 4 heteroatoms. The van der Waals surface area contributed by atoms with Gasteiger partial charge in [0.1, 0.15) is 12.4 Å². The second-order valence-electron chi connectivity index (χ2n) is 3.84. The lowest BCUT2D eigenvalue weighted by Crippen LogP contribution is -2.04. The molecule has 78 valence electrons. The van der Waals surface area contributed by atoms with Crippen molar-refractivity contribution in [3.63, 3.8) is 0 Å². The summed E-state index contributed by atoms with van der Waals surface area (Å²) in [6.45, 7) is 0.275. The van der Waals surface area contributed by atoms with Gasteiger partial charge in [-0.25, -0.2) is 0 Å². The van der Waals surface area contributed by atoms with Crippen LogP contribution in [0.5, 0.6) is 0 Å². The molecule has 0 saturated heterocycles. The molecule has 0 atom stereocenters. The van der Waals surface area contributed by atoms with E-state index in [2.05, 4.69) is 15.5 Å². The quantitative estimate of drug-likeness (QED) is 0.762. The molecule has 2 rings (SSSR count). The van der Waals surface area contributed by atoms with E-state index in [4.69, 9.17) is 5.26 Å². The first kappa shape index (κ1) is 9.91. The molecule has 1 aliphatic rings. The van der Waals surface area contributed by atoms with Gasteiger partial charge in [0.15, 0.2) is 0 Å².